The van der Waals surface area contributed by atoms with E-state index in [-0.39, 0.29) is 37.0 Å². The zero-order chi connectivity index (χ0) is 19.0. The molecule has 0 aliphatic heterocycles. The number of carbonyl (C=O) groups is 1. The molecule has 8 heteroatoms. The molecule has 1 aliphatic carbocycles. The second-order valence-corrected chi connectivity index (χ2v) is 6.52. The number of fused-ring (bicyclic) bond motifs is 1. The van der Waals surface area contributed by atoms with E-state index >= 15 is 0 Å². The minimum absolute atomic E-state index is 0.0550. The van der Waals surface area contributed by atoms with Crippen molar-refractivity contribution in [1.82, 2.24) is 19.5 Å². The number of hydrogen-bond donors (Lipinski definition) is 3. The molecule has 3 N–H and O–H groups in total. The SMILES string of the molecule is C=C1[C@@H](n2cnc3c(NC(=O)c4ccccc4)ncnc32)[C@H](CO)[C@H]1CO. The minimum atomic E-state index is -0.285. The molecule has 0 saturated heterocycles. The average Bonchev–Trinajstić information content (AvgIpc) is 3.11. The third kappa shape index (κ3) is 2.79. The normalized spacial score (nSPS) is 21.9. The van der Waals surface area contributed by atoms with Gasteiger partial charge in [0.25, 0.3) is 5.91 Å². The van der Waals surface area contributed by atoms with Crippen LogP contribution in [0.2, 0.25) is 0 Å². The summed E-state index contributed by atoms with van der Waals surface area (Å²) in [5.41, 5.74) is 2.33. The van der Waals surface area contributed by atoms with Crippen LogP contribution < -0.4 is 5.32 Å². The summed E-state index contributed by atoms with van der Waals surface area (Å²) in [6.07, 6.45) is 2.96. The Kier molecular flexibility index (Phi) is 4.43. The van der Waals surface area contributed by atoms with E-state index in [1.807, 2.05) is 10.6 Å². The van der Waals surface area contributed by atoms with Gasteiger partial charge in [0.1, 0.15) is 6.33 Å². The minimum Gasteiger partial charge on any atom is -0.396 e. The maximum absolute atomic E-state index is 12.4. The first-order valence-corrected chi connectivity index (χ1v) is 8.60. The van der Waals surface area contributed by atoms with Gasteiger partial charge in [-0.25, -0.2) is 15.0 Å². The lowest BCUT2D eigenvalue weighted by molar-refractivity contribution is 0.0536. The molecule has 3 atom stereocenters. The lowest BCUT2D eigenvalue weighted by Crippen LogP contribution is -2.44. The van der Waals surface area contributed by atoms with Crippen LogP contribution in [0.3, 0.4) is 0 Å². The van der Waals surface area contributed by atoms with Gasteiger partial charge >= 0.3 is 0 Å². The van der Waals surface area contributed by atoms with Crippen molar-refractivity contribution in [3.8, 4) is 0 Å². The van der Waals surface area contributed by atoms with Gasteiger partial charge in [-0.1, -0.05) is 24.8 Å². The Morgan fingerprint density at radius 3 is 2.63 bits per heavy atom. The number of rotatable bonds is 5. The Hall–Kier alpha value is -3.10. The van der Waals surface area contributed by atoms with Crippen molar-refractivity contribution in [1.29, 1.82) is 0 Å². The summed E-state index contributed by atoms with van der Waals surface area (Å²) < 4.78 is 1.81. The number of amides is 1. The van der Waals surface area contributed by atoms with Gasteiger partial charge in [-0.3, -0.25) is 4.79 Å². The molecule has 0 unspecified atom stereocenters. The topological polar surface area (TPSA) is 113 Å². The molecule has 0 spiro atoms. The Bertz CT molecular complexity index is 1000. The van der Waals surface area contributed by atoms with Crippen LogP contribution in [-0.2, 0) is 0 Å². The van der Waals surface area contributed by atoms with Crippen LogP contribution in [-0.4, -0.2) is 48.9 Å². The molecule has 2 aromatic heterocycles. The summed E-state index contributed by atoms with van der Waals surface area (Å²) in [4.78, 5) is 25.2. The van der Waals surface area contributed by atoms with Crippen molar-refractivity contribution < 1.29 is 15.0 Å². The van der Waals surface area contributed by atoms with Gasteiger partial charge in [-0.05, 0) is 17.7 Å². The van der Waals surface area contributed by atoms with E-state index in [4.69, 9.17) is 0 Å². The molecule has 1 saturated carbocycles. The highest BCUT2D eigenvalue weighted by molar-refractivity contribution is 6.06. The molecule has 1 fully saturated rings. The van der Waals surface area contributed by atoms with Gasteiger partial charge < -0.3 is 20.1 Å². The fraction of sp³-hybridized carbons (Fsp3) is 0.263. The monoisotopic (exact) mass is 365 g/mol. The van der Waals surface area contributed by atoms with Crippen LogP contribution in [0.5, 0.6) is 0 Å². The van der Waals surface area contributed by atoms with Crippen LogP contribution >= 0.6 is 0 Å². The second kappa shape index (κ2) is 6.90. The number of imidazole rings is 1. The Morgan fingerprint density at radius 2 is 1.93 bits per heavy atom. The van der Waals surface area contributed by atoms with Gasteiger partial charge in [0.15, 0.2) is 17.0 Å². The Labute approximate surface area is 155 Å². The zero-order valence-corrected chi connectivity index (χ0v) is 14.5. The van der Waals surface area contributed by atoms with Crippen molar-refractivity contribution in [3.63, 3.8) is 0 Å². The number of nitrogens with zero attached hydrogens (tertiary/aromatic N) is 4. The van der Waals surface area contributed by atoms with Gasteiger partial charge in [0.2, 0.25) is 0 Å². The molecule has 2 heterocycles. The molecule has 1 aromatic carbocycles. The summed E-state index contributed by atoms with van der Waals surface area (Å²) in [6.45, 7) is 3.91. The van der Waals surface area contributed by atoms with E-state index in [9.17, 15) is 15.0 Å². The van der Waals surface area contributed by atoms with Crippen molar-refractivity contribution in [2.45, 2.75) is 6.04 Å². The number of hydrogen-bond acceptors (Lipinski definition) is 6. The third-order valence-electron chi connectivity index (χ3n) is 5.11. The van der Waals surface area contributed by atoms with Gasteiger partial charge in [-0.15, -0.1) is 0 Å². The number of benzene rings is 1. The number of aromatic nitrogens is 4. The summed E-state index contributed by atoms with van der Waals surface area (Å²) in [5.74, 6) is -0.266. The first-order valence-electron chi connectivity index (χ1n) is 8.60. The van der Waals surface area contributed by atoms with Gasteiger partial charge in [0.05, 0.1) is 19.0 Å². The molecule has 8 nitrogen and oxygen atoms in total. The van der Waals surface area contributed by atoms with E-state index in [2.05, 4.69) is 26.8 Å². The maximum atomic E-state index is 12.4. The van der Waals surface area contributed by atoms with E-state index in [0.29, 0.717) is 22.5 Å². The summed E-state index contributed by atoms with van der Waals surface area (Å²) in [7, 11) is 0. The lowest BCUT2D eigenvalue weighted by Gasteiger charge is -2.46. The van der Waals surface area contributed by atoms with Crippen LogP contribution in [0, 0.1) is 11.8 Å². The number of anilines is 1. The number of carbonyl (C=O) groups excluding carboxylic acids is 1. The Balaban J connectivity index is 1.67. The lowest BCUT2D eigenvalue weighted by atomic mass is 9.66. The quantitative estimate of drug-likeness (QED) is 0.589. The molecule has 0 bridgehead atoms. The summed E-state index contributed by atoms with van der Waals surface area (Å²) >= 11 is 0. The number of nitrogens with one attached hydrogen (secondary N) is 1. The number of aliphatic hydroxyl groups excluding tert-OH is 2. The van der Waals surface area contributed by atoms with Crippen LogP contribution in [0.25, 0.3) is 11.2 Å². The average molecular weight is 365 g/mol. The van der Waals surface area contributed by atoms with Crippen molar-refractivity contribution in [2.75, 3.05) is 18.5 Å². The fourth-order valence-electron chi connectivity index (χ4n) is 3.65. The highest BCUT2D eigenvalue weighted by Crippen LogP contribution is 2.48. The van der Waals surface area contributed by atoms with Crippen LogP contribution in [0.1, 0.15) is 16.4 Å². The van der Waals surface area contributed by atoms with E-state index < -0.39 is 0 Å². The molecule has 0 radical (unpaired) electrons. The smallest absolute Gasteiger partial charge is 0.256 e. The molecular formula is C19H19N5O3. The molecule has 1 aliphatic rings. The van der Waals surface area contributed by atoms with E-state index in [1.54, 1.807) is 30.6 Å². The summed E-state index contributed by atoms with van der Waals surface area (Å²) in [5, 5.41) is 21.9. The molecule has 4 rings (SSSR count). The molecule has 1 amide bonds. The zero-order valence-electron chi connectivity index (χ0n) is 14.5. The predicted molar refractivity (Wildman–Crippen MR) is 99.0 cm³/mol. The van der Waals surface area contributed by atoms with Crippen molar-refractivity contribution in [2.24, 2.45) is 11.8 Å². The molecule has 3 aromatic rings. The fourth-order valence-corrected chi connectivity index (χ4v) is 3.65. The van der Waals surface area contributed by atoms with Crippen LogP contribution in [0.15, 0.2) is 55.1 Å². The van der Waals surface area contributed by atoms with E-state index in [0.717, 1.165) is 5.57 Å². The van der Waals surface area contributed by atoms with Crippen molar-refractivity contribution >= 4 is 22.9 Å². The number of aliphatic hydroxyl groups is 2. The largest absolute Gasteiger partial charge is 0.396 e. The standard InChI is InChI=1S/C19H19N5O3/c1-11-13(7-25)14(8-26)16(11)24-10-22-15-17(20-9-21-18(15)24)23-19(27)12-5-3-2-4-6-12/h2-6,9-10,13-14,16,25-26H,1,7-8H2,(H,20,21,23,27)/t13-,14+,16+/m0/s1. The third-order valence-corrected chi connectivity index (χ3v) is 5.11. The molecule has 27 heavy (non-hydrogen) atoms. The first-order chi connectivity index (χ1) is 13.2. The Morgan fingerprint density at radius 1 is 1.15 bits per heavy atom. The van der Waals surface area contributed by atoms with Gasteiger partial charge in [-0.2, -0.15) is 0 Å². The van der Waals surface area contributed by atoms with E-state index in [1.165, 1.54) is 6.33 Å². The maximum Gasteiger partial charge on any atom is 0.256 e. The molecule has 138 valence electrons. The molecular weight excluding hydrogens is 346 g/mol. The first kappa shape index (κ1) is 17.3. The van der Waals surface area contributed by atoms with Crippen LogP contribution in [0.4, 0.5) is 5.82 Å². The predicted octanol–water partition coefficient (Wildman–Crippen LogP) is 1.41. The summed E-state index contributed by atoms with van der Waals surface area (Å²) in [6, 6.07) is 8.63. The van der Waals surface area contributed by atoms with Gasteiger partial charge in [0, 0.05) is 24.0 Å². The highest BCUT2D eigenvalue weighted by atomic mass is 16.3. The highest BCUT2D eigenvalue weighted by Gasteiger charge is 2.45. The second-order valence-electron chi connectivity index (χ2n) is 6.52. The van der Waals surface area contributed by atoms with Crippen molar-refractivity contribution in [3.05, 3.63) is 60.7 Å².